The van der Waals surface area contributed by atoms with Gasteiger partial charge in [0.1, 0.15) is 0 Å². The number of nitrogens with one attached hydrogen (secondary N) is 1. The van der Waals surface area contributed by atoms with Crippen molar-refractivity contribution in [1.82, 2.24) is 9.88 Å². The van der Waals surface area contributed by atoms with Gasteiger partial charge in [-0.2, -0.15) is 0 Å². The summed E-state index contributed by atoms with van der Waals surface area (Å²) in [6.45, 7) is 9.36. The van der Waals surface area contributed by atoms with E-state index in [9.17, 15) is 0 Å². The molecule has 15 heavy (non-hydrogen) atoms. The zero-order valence-corrected chi connectivity index (χ0v) is 9.93. The second kappa shape index (κ2) is 5.63. The van der Waals surface area contributed by atoms with Gasteiger partial charge < -0.3 is 9.88 Å². The largest absolute Gasteiger partial charge is 0.349 e. The van der Waals surface area contributed by atoms with Gasteiger partial charge in [0.2, 0.25) is 0 Å². The van der Waals surface area contributed by atoms with Gasteiger partial charge in [0.25, 0.3) is 0 Å². The fourth-order valence-corrected chi connectivity index (χ4v) is 1.92. The van der Waals surface area contributed by atoms with E-state index in [1.54, 1.807) is 0 Å². The maximum Gasteiger partial charge on any atom is 0.0223 e. The van der Waals surface area contributed by atoms with E-state index in [1.807, 2.05) is 0 Å². The molecule has 2 heteroatoms. The van der Waals surface area contributed by atoms with Gasteiger partial charge in [-0.1, -0.05) is 0 Å². The average Bonchev–Trinajstić information content (AvgIpc) is 2.49. The Kier molecular flexibility index (Phi) is 4.45. The van der Waals surface area contributed by atoms with E-state index in [2.05, 4.69) is 42.6 Å². The summed E-state index contributed by atoms with van der Waals surface area (Å²) >= 11 is 0. The quantitative estimate of drug-likeness (QED) is 0.575. The molecule has 0 atom stereocenters. The van der Waals surface area contributed by atoms with E-state index in [-0.39, 0.29) is 0 Å². The third kappa shape index (κ3) is 2.87. The second-order valence-corrected chi connectivity index (χ2v) is 3.77. The highest BCUT2D eigenvalue weighted by Crippen LogP contribution is 2.14. The molecule has 0 aromatic carbocycles. The van der Waals surface area contributed by atoms with Crippen LogP contribution in [0.5, 0.6) is 0 Å². The monoisotopic (exact) mass is 204 g/mol. The Bertz CT molecular complexity index is 355. The highest BCUT2D eigenvalue weighted by Gasteiger charge is 2.06. The molecule has 1 aromatic rings. The lowest BCUT2D eigenvalue weighted by Crippen LogP contribution is -2.14. The van der Waals surface area contributed by atoms with Crippen molar-refractivity contribution in [3.05, 3.63) is 23.0 Å². The molecule has 0 spiro atoms. The number of hydrogen-bond acceptors (Lipinski definition) is 1. The van der Waals surface area contributed by atoms with Crippen LogP contribution in [0.25, 0.3) is 0 Å². The van der Waals surface area contributed by atoms with Crippen LogP contribution < -0.4 is 5.32 Å². The first kappa shape index (κ1) is 11.9. The highest BCUT2D eigenvalue weighted by atomic mass is 15.0. The fraction of sp³-hybridized carbons (Fsp3) is 0.538. The summed E-state index contributed by atoms with van der Waals surface area (Å²) in [6, 6.07) is 2.25. The Labute approximate surface area is 92.7 Å². The lowest BCUT2D eigenvalue weighted by atomic mass is 10.2. The van der Waals surface area contributed by atoms with Crippen LogP contribution in [0.2, 0.25) is 0 Å². The van der Waals surface area contributed by atoms with Gasteiger partial charge in [-0.05, 0) is 32.4 Å². The van der Waals surface area contributed by atoms with Gasteiger partial charge in [-0.15, -0.1) is 12.3 Å². The number of aryl methyl sites for hydroxylation is 1. The fourth-order valence-electron chi connectivity index (χ4n) is 1.92. The molecule has 0 aliphatic heterocycles. The molecule has 0 aliphatic rings. The number of hydrogen-bond donors (Lipinski definition) is 1. The molecular formula is C13H20N2. The molecule has 0 radical (unpaired) electrons. The zero-order valence-electron chi connectivity index (χ0n) is 9.93. The van der Waals surface area contributed by atoms with Gasteiger partial charge in [-0.3, -0.25) is 0 Å². The van der Waals surface area contributed by atoms with E-state index in [0.29, 0.717) is 0 Å². The lowest BCUT2D eigenvalue weighted by molar-refractivity contribution is 0.681. The van der Waals surface area contributed by atoms with Crippen molar-refractivity contribution in [1.29, 1.82) is 0 Å². The second-order valence-electron chi connectivity index (χ2n) is 3.77. The number of terminal acetylenes is 1. The molecule has 1 rings (SSSR count). The van der Waals surface area contributed by atoms with Gasteiger partial charge in [0.15, 0.2) is 0 Å². The van der Waals surface area contributed by atoms with Gasteiger partial charge in [-0.25, -0.2) is 0 Å². The lowest BCUT2D eigenvalue weighted by Gasteiger charge is -2.06. The van der Waals surface area contributed by atoms with Crippen LogP contribution in [-0.2, 0) is 13.1 Å². The summed E-state index contributed by atoms with van der Waals surface area (Å²) in [5.74, 6) is 2.63. The van der Waals surface area contributed by atoms with Crippen LogP contribution in [0.3, 0.4) is 0 Å². The molecule has 1 N–H and O–H groups in total. The molecule has 0 aliphatic carbocycles. The van der Waals surface area contributed by atoms with Crippen molar-refractivity contribution in [2.75, 3.05) is 6.54 Å². The molecule has 0 fully saturated rings. The van der Waals surface area contributed by atoms with Crippen LogP contribution >= 0.6 is 0 Å². The Balaban J connectivity index is 2.59. The number of rotatable bonds is 5. The Morgan fingerprint density at radius 1 is 1.47 bits per heavy atom. The van der Waals surface area contributed by atoms with E-state index in [0.717, 1.165) is 26.1 Å². The minimum Gasteiger partial charge on any atom is -0.349 e. The molecule has 1 aromatic heterocycles. The third-order valence-electron chi connectivity index (χ3n) is 2.76. The number of nitrogens with zero attached hydrogens (tertiary/aromatic N) is 1. The van der Waals surface area contributed by atoms with Crippen molar-refractivity contribution in [2.24, 2.45) is 0 Å². The van der Waals surface area contributed by atoms with Gasteiger partial charge in [0.05, 0.1) is 0 Å². The molecule has 0 amide bonds. The molecule has 0 bridgehead atoms. The maximum atomic E-state index is 5.19. The topological polar surface area (TPSA) is 17.0 Å². The first-order chi connectivity index (χ1) is 7.20. The first-order valence-electron chi connectivity index (χ1n) is 5.50. The summed E-state index contributed by atoms with van der Waals surface area (Å²) < 4.78 is 2.33. The molecule has 0 saturated heterocycles. The summed E-state index contributed by atoms with van der Waals surface area (Å²) in [6.07, 6.45) is 5.99. The van der Waals surface area contributed by atoms with Crippen molar-refractivity contribution in [3.8, 4) is 12.3 Å². The number of aromatic nitrogens is 1. The summed E-state index contributed by atoms with van der Waals surface area (Å²) in [5.41, 5.74) is 4.08. The van der Waals surface area contributed by atoms with Crippen LogP contribution in [0, 0.1) is 26.2 Å². The van der Waals surface area contributed by atoms with E-state index in [4.69, 9.17) is 6.42 Å². The minimum atomic E-state index is 0.798. The van der Waals surface area contributed by atoms with Crippen molar-refractivity contribution in [2.45, 2.75) is 40.3 Å². The molecule has 0 saturated carbocycles. The minimum absolute atomic E-state index is 0.798. The van der Waals surface area contributed by atoms with E-state index < -0.39 is 0 Å². The normalized spacial score (nSPS) is 10.3. The molecule has 1 heterocycles. The highest BCUT2D eigenvalue weighted by molar-refractivity contribution is 5.26. The van der Waals surface area contributed by atoms with Crippen LogP contribution in [0.15, 0.2) is 6.07 Å². The van der Waals surface area contributed by atoms with Crippen LogP contribution in [-0.4, -0.2) is 11.1 Å². The van der Waals surface area contributed by atoms with Gasteiger partial charge >= 0.3 is 0 Å². The van der Waals surface area contributed by atoms with Crippen molar-refractivity contribution in [3.63, 3.8) is 0 Å². The SMILES string of the molecule is C#CCCNCc1cc(C)n(CC)c1C. The Morgan fingerprint density at radius 2 is 2.20 bits per heavy atom. The predicted molar refractivity (Wildman–Crippen MR) is 64.7 cm³/mol. The average molecular weight is 204 g/mol. The molecule has 0 unspecified atom stereocenters. The molecule has 82 valence electrons. The predicted octanol–water partition coefficient (Wildman–Crippen LogP) is 2.24. The Hall–Kier alpha value is -1.20. The maximum absolute atomic E-state index is 5.19. The van der Waals surface area contributed by atoms with E-state index >= 15 is 0 Å². The summed E-state index contributed by atoms with van der Waals surface area (Å²) in [7, 11) is 0. The van der Waals surface area contributed by atoms with Crippen molar-refractivity contribution >= 4 is 0 Å². The first-order valence-corrected chi connectivity index (χ1v) is 5.50. The third-order valence-corrected chi connectivity index (χ3v) is 2.76. The zero-order chi connectivity index (χ0) is 11.3. The summed E-state index contributed by atoms with van der Waals surface area (Å²) in [4.78, 5) is 0. The summed E-state index contributed by atoms with van der Waals surface area (Å²) in [5, 5.41) is 3.35. The van der Waals surface area contributed by atoms with Crippen LogP contribution in [0.1, 0.15) is 30.3 Å². The van der Waals surface area contributed by atoms with Crippen molar-refractivity contribution < 1.29 is 0 Å². The molecular weight excluding hydrogens is 184 g/mol. The Morgan fingerprint density at radius 3 is 2.73 bits per heavy atom. The van der Waals surface area contributed by atoms with E-state index in [1.165, 1.54) is 17.0 Å². The standard InChI is InChI=1S/C13H20N2/c1-5-7-8-14-10-13-9-11(3)15(6-2)12(13)4/h1,9,14H,6-8,10H2,2-4H3. The van der Waals surface area contributed by atoms with Crippen LogP contribution in [0.4, 0.5) is 0 Å². The molecule has 2 nitrogen and oxygen atoms in total. The van der Waals surface area contributed by atoms with Gasteiger partial charge in [0, 0.05) is 37.4 Å². The smallest absolute Gasteiger partial charge is 0.0223 e.